The molecular weight excluding hydrogens is 342 g/mol. The van der Waals surface area contributed by atoms with Crippen LogP contribution in [0, 0.1) is 0 Å². The van der Waals surface area contributed by atoms with E-state index < -0.39 is 0 Å². The van der Waals surface area contributed by atoms with Crippen molar-refractivity contribution in [1.82, 2.24) is 4.90 Å². The lowest BCUT2D eigenvalue weighted by atomic mass is 10.2. The first-order valence-electron chi connectivity index (χ1n) is 9.36. The minimum atomic E-state index is 0.249. The van der Waals surface area contributed by atoms with Gasteiger partial charge in [0.2, 0.25) is 5.91 Å². The molecule has 5 heteroatoms. The number of thioether (sulfide) groups is 1. The Balaban J connectivity index is 1.37. The third kappa shape index (κ3) is 3.83. The van der Waals surface area contributed by atoms with Crippen LogP contribution in [-0.2, 0) is 4.79 Å². The summed E-state index contributed by atoms with van der Waals surface area (Å²) in [6.07, 6.45) is 1.12. The molecule has 0 N–H and O–H groups in total. The highest BCUT2D eigenvalue weighted by Crippen LogP contribution is 2.33. The highest BCUT2D eigenvalue weighted by molar-refractivity contribution is 7.99. The van der Waals surface area contributed by atoms with Crippen LogP contribution in [0.15, 0.2) is 59.5 Å². The minimum absolute atomic E-state index is 0.249. The van der Waals surface area contributed by atoms with Crippen LogP contribution in [0.1, 0.15) is 6.42 Å². The lowest BCUT2D eigenvalue weighted by Gasteiger charge is -2.37. The Bertz CT molecular complexity index is 744. The largest absolute Gasteiger partial charge is 0.368 e. The van der Waals surface area contributed by atoms with Gasteiger partial charge in [0.05, 0.1) is 12.2 Å². The van der Waals surface area contributed by atoms with E-state index >= 15 is 0 Å². The molecule has 0 spiro atoms. The molecule has 0 aliphatic carbocycles. The predicted molar refractivity (Wildman–Crippen MR) is 109 cm³/mol. The molecule has 0 atom stereocenters. The van der Waals surface area contributed by atoms with Crippen molar-refractivity contribution in [2.75, 3.05) is 54.8 Å². The van der Waals surface area contributed by atoms with E-state index in [1.807, 2.05) is 22.7 Å². The molecule has 2 aromatic rings. The van der Waals surface area contributed by atoms with Crippen molar-refractivity contribution in [3.8, 4) is 0 Å². The van der Waals surface area contributed by atoms with E-state index in [4.69, 9.17) is 0 Å². The van der Waals surface area contributed by atoms with Crippen LogP contribution in [0.3, 0.4) is 0 Å². The van der Waals surface area contributed by atoms with Crippen LogP contribution in [-0.4, -0.2) is 55.8 Å². The van der Waals surface area contributed by atoms with Gasteiger partial charge in [0.15, 0.2) is 0 Å². The topological polar surface area (TPSA) is 26.8 Å². The van der Waals surface area contributed by atoms with Gasteiger partial charge in [-0.05, 0) is 36.4 Å². The van der Waals surface area contributed by atoms with Gasteiger partial charge in [-0.3, -0.25) is 4.79 Å². The van der Waals surface area contributed by atoms with Crippen molar-refractivity contribution in [3.63, 3.8) is 0 Å². The first-order valence-corrected chi connectivity index (χ1v) is 10.3. The zero-order valence-electron chi connectivity index (χ0n) is 15.0. The number of amides is 1. The number of benzene rings is 2. The SMILES string of the molecule is O=C(CN1CCCSc2ccccc21)N1CCN(c2ccccc2)CC1. The van der Waals surface area contributed by atoms with Crippen molar-refractivity contribution < 1.29 is 4.79 Å². The smallest absolute Gasteiger partial charge is 0.242 e. The molecule has 2 aliphatic heterocycles. The Kier molecular flexibility index (Phi) is 5.34. The van der Waals surface area contributed by atoms with Crippen LogP contribution < -0.4 is 9.80 Å². The summed E-state index contributed by atoms with van der Waals surface area (Å²) in [4.78, 5) is 20.8. The molecule has 0 unspecified atom stereocenters. The number of carbonyl (C=O) groups excluding carboxylic acids is 1. The van der Waals surface area contributed by atoms with Crippen LogP contribution in [0.4, 0.5) is 11.4 Å². The number of anilines is 2. The molecule has 0 bridgehead atoms. The van der Waals surface area contributed by atoms with Gasteiger partial charge in [-0.2, -0.15) is 0 Å². The fourth-order valence-electron chi connectivity index (χ4n) is 3.68. The lowest BCUT2D eigenvalue weighted by molar-refractivity contribution is -0.130. The molecule has 1 saturated heterocycles. The van der Waals surface area contributed by atoms with E-state index in [0.717, 1.165) is 44.9 Å². The number of para-hydroxylation sites is 2. The quantitative estimate of drug-likeness (QED) is 0.831. The first kappa shape index (κ1) is 17.3. The molecule has 0 radical (unpaired) electrons. The molecule has 2 heterocycles. The minimum Gasteiger partial charge on any atom is -0.368 e. The van der Waals surface area contributed by atoms with Gasteiger partial charge >= 0.3 is 0 Å². The number of nitrogens with zero attached hydrogens (tertiary/aromatic N) is 3. The summed E-state index contributed by atoms with van der Waals surface area (Å²) in [6, 6.07) is 18.9. The second-order valence-corrected chi connectivity index (χ2v) is 7.93. The van der Waals surface area contributed by atoms with Crippen molar-refractivity contribution >= 4 is 29.0 Å². The molecule has 26 heavy (non-hydrogen) atoms. The number of hydrogen-bond donors (Lipinski definition) is 0. The van der Waals surface area contributed by atoms with E-state index in [-0.39, 0.29) is 5.91 Å². The van der Waals surface area contributed by atoms with E-state index in [1.165, 1.54) is 16.3 Å². The molecule has 0 saturated carbocycles. The third-order valence-electron chi connectivity index (χ3n) is 5.12. The summed E-state index contributed by atoms with van der Waals surface area (Å²) >= 11 is 1.90. The molecule has 4 rings (SSSR count). The Hall–Kier alpha value is -2.14. The van der Waals surface area contributed by atoms with Crippen LogP contribution in [0.25, 0.3) is 0 Å². The van der Waals surface area contributed by atoms with Crippen LogP contribution in [0.5, 0.6) is 0 Å². The van der Waals surface area contributed by atoms with E-state index in [0.29, 0.717) is 6.54 Å². The summed E-state index contributed by atoms with van der Waals surface area (Å²) in [7, 11) is 0. The Morgan fingerprint density at radius 3 is 2.42 bits per heavy atom. The molecular formula is C21H25N3OS. The molecule has 1 fully saturated rings. The molecule has 1 amide bonds. The van der Waals surface area contributed by atoms with Gasteiger partial charge in [-0.1, -0.05) is 30.3 Å². The Labute approximate surface area is 159 Å². The van der Waals surface area contributed by atoms with Gasteiger partial charge in [0, 0.05) is 43.3 Å². The summed E-state index contributed by atoms with van der Waals surface area (Å²) in [6.45, 7) is 4.86. The number of carbonyl (C=O) groups is 1. The lowest BCUT2D eigenvalue weighted by Crippen LogP contribution is -2.51. The number of hydrogen-bond acceptors (Lipinski definition) is 4. The fourth-order valence-corrected chi connectivity index (χ4v) is 4.69. The molecule has 2 aliphatic rings. The van der Waals surface area contributed by atoms with E-state index in [9.17, 15) is 4.79 Å². The fraction of sp³-hybridized carbons (Fsp3) is 0.381. The van der Waals surface area contributed by atoms with E-state index in [2.05, 4.69) is 58.3 Å². The highest BCUT2D eigenvalue weighted by atomic mass is 32.2. The molecule has 4 nitrogen and oxygen atoms in total. The standard InChI is InChI=1S/C21H25N3OS/c25-21(17-24-11-6-16-26-20-10-5-4-9-19(20)24)23-14-12-22(13-15-23)18-7-2-1-3-8-18/h1-5,7-10H,6,11-17H2. The summed E-state index contributed by atoms with van der Waals surface area (Å²) in [5.41, 5.74) is 2.46. The number of piperazine rings is 1. The van der Waals surface area contributed by atoms with Gasteiger partial charge in [0.25, 0.3) is 0 Å². The third-order valence-corrected chi connectivity index (χ3v) is 6.26. The predicted octanol–water partition coefficient (Wildman–Crippen LogP) is 3.34. The Morgan fingerprint density at radius 1 is 0.885 bits per heavy atom. The second kappa shape index (κ2) is 8.04. The normalized spacial score (nSPS) is 17.6. The average Bonchev–Trinajstić information content (AvgIpc) is 2.91. The number of fused-ring (bicyclic) bond motifs is 1. The maximum atomic E-state index is 12.9. The van der Waals surface area contributed by atoms with Crippen molar-refractivity contribution in [1.29, 1.82) is 0 Å². The Morgan fingerprint density at radius 2 is 1.62 bits per heavy atom. The molecule has 0 aromatic heterocycles. The molecule has 2 aromatic carbocycles. The maximum Gasteiger partial charge on any atom is 0.242 e. The zero-order valence-corrected chi connectivity index (χ0v) is 15.8. The summed E-state index contributed by atoms with van der Waals surface area (Å²) in [5, 5.41) is 0. The monoisotopic (exact) mass is 367 g/mol. The molecule has 136 valence electrons. The van der Waals surface area contributed by atoms with Gasteiger partial charge in [0.1, 0.15) is 0 Å². The van der Waals surface area contributed by atoms with Crippen molar-refractivity contribution in [2.24, 2.45) is 0 Å². The number of rotatable bonds is 3. The van der Waals surface area contributed by atoms with E-state index in [1.54, 1.807) is 0 Å². The second-order valence-electron chi connectivity index (χ2n) is 6.79. The van der Waals surface area contributed by atoms with Gasteiger partial charge < -0.3 is 14.7 Å². The summed E-state index contributed by atoms with van der Waals surface area (Å²) in [5.74, 6) is 1.37. The zero-order chi connectivity index (χ0) is 17.8. The van der Waals surface area contributed by atoms with Crippen molar-refractivity contribution in [2.45, 2.75) is 11.3 Å². The average molecular weight is 368 g/mol. The van der Waals surface area contributed by atoms with Gasteiger partial charge in [-0.15, -0.1) is 11.8 Å². The van der Waals surface area contributed by atoms with Crippen molar-refractivity contribution in [3.05, 3.63) is 54.6 Å². The summed E-state index contributed by atoms with van der Waals surface area (Å²) < 4.78 is 0. The highest BCUT2D eigenvalue weighted by Gasteiger charge is 2.24. The van der Waals surface area contributed by atoms with Crippen LogP contribution >= 0.6 is 11.8 Å². The first-order chi connectivity index (χ1) is 12.8. The maximum absolute atomic E-state index is 12.9. The van der Waals surface area contributed by atoms with Crippen LogP contribution in [0.2, 0.25) is 0 Å². The van der Waals surface area contributed by atoms with Gasteiger partial charge in [-0.25, -0.2) is 0 Å².